The lowest BCUT2D eigenvalue weighted by Crippen LogP contribution is -2.48. The molecule has 2 N–H and O–H groups in total. The molecular weight excluding hydrogens is 513 g/mol. The first-order chi connectivity index (χ1) is 18.5. The maximum absolute atomic E-state index is 13.3. The van der Waals surface area contributed by atoms with Gasteiger partial charge in [0.1, 0.15) is 12.1 Å². The number of hydrogen-bond donors (Lipinski definition) is 2. The van der Waals surface area contributed by atoms with Crippen molar-refractivity contribution in [3.05, 3.63) is 53.5 Å². The van der Waals surface area contributed by atoms with Crippen molar-refractivity contribution in [2.45, 2.75) is 32.1 Å². The van der Waals surface area contributed by atoms with E-state index in [1.165, 1.54) is 25.4 Å². The number of alkyl halides is 3. The molecule has 2 amide bonds. The Morgan fingerprint density at radius 3 is 2.67 bits per heavy atom. The number of halogens is 3. The lowest BCUT2D eigenvalue weighted by molar-refractivity contribution is -0.139. The molecule has 206 valence electrons. The molecule has 3 heterocycles. The van der Waals surface area contributed by atoms with Crippen LogP contribution in [0.5, 0.6) is 5.88 Å². The van der Waals surface area contributed by atoms with Crippen molar-refractivity contribution >= 4 is 22.8 Å². The number of carbonyl (C=O) groups is 2. The Morgan fingerprint density at radius 1 is 1.21 bits per heavy atom. The van der Waals surface area contributed by atoms with Gasteiger partial charge in [-0.2, -0.15) is 13.2 Å². The second-order valence-electron chi connectivity index (χ2n) is 9.56. The third-order valence-corrected chi connectivity index (χ3v) is 6.52. The Morgan fingerprint density at radius 2 is 2.00 bits per heavy atom. The highest BCUT2D eigenvalue weighted by molar-refractivity contribution is 6.05. The maximum atomic E-state index is 13.3. The lowest BCUT2D eigenvalue weighted by Gasteiger charge is -2.35. The Bertz CT molecular complexity index is 1410. The van der Waals surface area contributed by atoms with E-state index in [1.807, 2.05) is 14.0 Å². The lowest BCUT2D eigenvalue weighted by atomic mass is 9.93. The summed E-state index contributed by atoms with van der Waals surface area (Å²) in [4.78, 5) is 35.9. The molecule has 2 atom stereocenters. The summed E-state index contributed by atoms with van der Waals surface area (Å²) in [6.45, 7) is 2.42. The van der Waals surface area contributed by atoms with Gasteiger partial charge < -0.3 is 24.8 Å². The first-order valence-electron chi connectivity index (χ1n) is 12.4. The van der Waals surface area contributed by atoms with Crippen LogP contribution in [0.1, 0.15) is 39.6 Å². The SMILES string of the molecule is COc1ccc(C(=O)NCC#Cc2cc(C(=O)N[C@H]3CCN(C)C[C@@H]3C)c3ncn(CC(F)(F)F)c3c2)cn1. The van der Waals surface area contributed by atoms with Crippen molar-refractivity contribution in [3.8, 4) is 17.7 Å². The average Bonchev–Trinajstić information content (AvgIpc) is 3.28. The quantitative estimate of drug-likeness (QED) is 0.465. The van der Waals surface area contributed by atoms with E-state index in [0.29, 0.717) is 17.0 Å². The van der Waals surface area contributed by atoms with E-state index in [1.54, 1.807) is 12.1 Å². The Hall–Kier alpha value is -4.11. The van der Waals surface area contributed by atoms with Gasteiger partial charge in [0, 0.05) is 30.4 Å². The molecule has 0 aliphatic carbocycles. The predicted octanol–water partition coefficient (Wildman–Crippen LogP) is 2.85. The van der Waals surface area contributed by atoms with Crippen LogP contribution in [0.3, 0.4) is 0 Å². The number of carbonyl (C=O) groups excluding carboxylic acids is 2. The van der Waals surface area contributed by atoms with Crippen LogP contribution in [0, 0.1) is 17.8 Å². The largest absolute Gasteiger partial charge is 0.481 e. The van der Waals surface area contributed by atoms with Gasteiger partial charge in [-0.3, -0.25) is 9.59 Å². The zero-order chi connectivity index (χ0) is 28.2. The average molecular weight is 543 g/mol. The number of piperidine rings is 1. The summed E-state index contributed by atoms with van der Waals surface area (Å²) in [5, 5.41) is 5.67. The predicted molar refractivity (Wildman–Crippen MR) is 138 cm³/mol. The number of likely N-dealkylation sites (tertiary alicyclic amines) is 1. The summed E-state index contributed by atoms with van der Waals surface area (Å²) in [6, 6.07) is 6.02. The summed E-state index contributed by atoms with van der Waals surface area (Å²) in [6.07, 6.45) is -1.26. The van der Waals surface area contributed by atoms with Gasteiger partial charge in [-0.1, -0.05) is 18.8 Å². The van der Waals surface area contributed by atoms with Gasteiger partial charge in [-0.15, -0.1) is 0 Å². The minimum Gasteiger partial charge on any atom is -0.481 e. The topological polar surface area (TPSA) is 101 Å². The number of benzene rings is 1. The van der Waals surface area contributed by atoms with Gasteiger partial charge >= 0.3 is 6.18 Å². The number of aromatic nitrogens is 3. The minimum absolute atomic E-state index is 0.0284. The van der Waals surface area contributed by atoms with Crippen molar-refractivity contribution in [2.75, 3.05) is 33.8 Å². The van der Waals surface area contributed by atoms with E-state index in [9.17, 15) is 22.8 Å². The van der Waals surface area contributed by atoms with Gasteiger partial charge in [0.05, 0.1) is 36.6 Å². The fourth-order valence-electron chi connectivity index (χ4n) is 4.55. The first-order valence-corrected chi connectivity index (χ1v) is 12.4. The Kier molecular flexibility index (Phi) is 8.40. The van der Waals surface area contributed by atoms with Crippen LogP contribution < -0.4 is 15.4 Å². The second kappa shape index (κ2) is 11.7. The zero-order valence-corrected chi connectivity index (χ0v) is 21.8. The minimum atomic E-state index is -4.47. The van der Waals surface area contributed by atoms with Crippen LogP contribution in [0.2, 0.25) is 0 Å². The number of ether oxygens (including phenoxy) is 1. The number of hydrogen-bond acceptors (Lipinski definition) is 6. The Balaban J connectivity index is 1.56. The summed E-state index contributed by atoms with van der Waals surface area (Å²) >= 11 is 0. The van der Waals surface area contributed by atoms with Crippen LogP contribution >= 0.6 is 0 Å². The van der Waals surface area contributed by atoms with Crippen molar-refractivity contribution < 1.29 is 27.5 Å². The highest BCUT2D eigenvalue weighted by Gasteiger charge is 2.30. The molecular formula is C27H29F3N6O3. The normalized spacial score (nSPS) is 17.8. The van der Waals surface area contributed by atoms with Gasteiger partial charge in [0.15, 0.2) is 0 Å². The van der Waals surface area contributed by atoms with E-state index >= 15 is 0 Å². The Labute approximate surface area is 223 Å². The third-order valence-electron chi connectivity index (χ3n) is 6.52. The van der Waals surface area contributed by atoms with E-state index in [-0.39, 0.29) is 35.1 Å². The molecule has 39 heavy (non-hydrogen) atoms. The summed E-state index contributed by atoms with van der Waals surface area (Å²) in [5.74, 6) is 5.41. The van der Waals surface area contributed by atoms with Crippen molar-refractivity contribution in [1.29, 1.82) is 0 Å². The molecule has 1 saturated heterocycles. The van der Waals surface area contributed by atoms with Gasteiger partial charge in [0.25, 0.3) is 11.8 Å². The maximum Gasteiger partial charge on any atom is 0.406 e. The standard InChI is InChI=1S/C27H29F3N6O3/c1-17-14-35(2)10-8-21(17)34-26(38)20-11-18(12-22-24(20)33-16-36(22)15-27(28,29)30)5-4-9-31-25(37)19-6-7-23(39-3)32-13-19/h6-7,11-13,16-17,21H,8-10,14-15H2,1-3H3,(H,31,37)(H,34,38)/t17-,21-/m0/s1. The van der Waals surface area contributed by atoms with Gasteiger partial charge in [-0.05, 0) is 44.1 Å². The van der Waals surface area contributed by atoms with Crippen molar-refractivity contribution in [1.82, 2.24) is 30.1 Å². The molecule has 2 aromatic heterocycles. The number of amides is 2. The van der Waals surface area contributed by atoms with E-state index in [2.05, 4.69) is 37.3 Å². The highest BCUT2D eigenvalue weighted by atomic mass is 19.4. The molecule has 3 aromatic rings. The van der Waals surface area contributed by atoms with E-state index in [0.717, 1.165) is 30.4 Å². The molecule has 0 unspecified atom stereocenters. The van der Waals surface area contributed by atoms with Gasteiger partial charge in [-0.25, -0.2) is 9.97 Å². The molecule has 1 fully saturated rings. The first kappa shape index (κ1) is 27.9. The third kappa shape index (κ3) is 7.06. The van der Waals surface area contributed by atoms with Crippen molar-refractivity contribution in [3.63, 3.8) is 0 Å². The number of nitrogens with zero attached hydrogens (tertiary/aromatic N) is 4. The summed E-state index contributed by atoms with van der Waals surface area (Å²) in [5.41, 5.74) is 1.11. The molecule has 12 heteroatoms. The number of methoxy groups -OCH3 is 1. The molecule has 0 bridgehead atoms. The molecule has 0 radical (unpaired) electrons. The van der Waals surface area contributed by atoms with Crippen molar-refractivity contribution in [2.24, 2.45) is 5.92 Å². The van der Waals surface area contributed by atoms with Crippen LogP contribution in [0.4, 0.5) is 13.2 Å². The van der Waals surface area contributed by atoms with E-state index < -0.39 is 24.5 Å². The second-order valence-corrected chi connectivity index (χ2v) is 9.56. The molecule has 0 spiro atoms. The molecule has 4 rings (SSSR count). The molecule has 1 aliphatic rings. The number of pyridine rings is 1. The monoisotopic (exact) mass is 542 g/mol. The van der Waals surface area contributed by atoms with Crippen LogP contribution in [0.25, 0.3) is 11.0 Å². The highest BCUT2D eigenvalue weighted by Crippen LogP contribution is 2.25. The van der Waals surface area contributed by atoms with Gasteiger partial charge in [0.2, 0.25) is 5.88 Å². The smallest absolute Gasteiger partial charge is 0.406 e. The van der Waals surface area contributed by atoms with E-state index in [4.69, 9.17) is 4.74 Å². The number of fused-ring (bicyclic) bond motifs is 1. The fourth-order valence-corrected chi connectivity index (χ4v) is 4.55. The number of rotatable bonds is 6. The molecule has 0 saturated carbocycles. The molecule has 9 nitrogen and oxygen atoms in total. The molecule has 1 aliphatic heterocycles. The molecule has 1 aromatic carbocycles. The van der Waals surface area contributed by atoms with Crippen LogP contribution in [0.15, 0.2) is 36.8 Å². The zero-order valence-electron chi connectivity index (χ0n) is 21.8. The fraction of sp³-hybridized carbons (Fsp3) is 0.407. The number of imidazole rings is 1. The number of nitrogens with one attached hydrogen (secondary N) is 2. The summed E-state index contributed by atoms with van der Waals surface area (Å²) in [7, 11) is 3.49. The van der Waals surface area contributed by atoms with Crippen LogP contribution in [-0.4, -0.2) is 77.3 Å². The van der Waals surface area contributed by atoms with Crippen LogP contribution in [-0.2, 0) is 6.54 Å². The summed E-state index contributed by atoms with van der Waals surface area (Å²) < 4.78 is 45.5.